The van der Waals surface area contributed by atoms with Crippen molar-refractivity contribution in [2.75, 3.05) is 5.73 Å². The zero-order valence-electron chi connectivity index (χ0n) is 10.2. The van der Waals surface area contributed by atoms with Crippen LogP contribution < -0.4 is 5.73 Å². The Morgan fingerprint density at radius 1 is 0.789 bits per heavy atom. The predicted molar refractivity (Wildman–Crippen MR) is 75.1 cm³/mol. The maximum absolute atomic E-state index is 5.60. The Morgan fingerprint density at radius 2 is 1.47 bits per heavy atom. The van der Waals surface area contributed by atoms with Gasteiger partial charge in [0.25, 0.3) is 0 Å². The maximum atomic E-state index is 5.60. The topological polar surface area (TPSA) is 64.7 Å². The number of nitrogens with zero attached hydrogens (tertiary/aromatic N) is 3. The summed E-state index contributed by atoms with van der Waals surface area (Å²) < 4.78 is 0. The second kappa shape index (κ2) is 4.86. The summed E-state index contributed by atoms with van der Waals surface area (Å²) in [5, 5.41) is 7.54. The van der Waals surface area contributed by atoms with Gasteiger partial charge in [0, 0.05) is 5.56 Å². The van der Waals surface area contributed by atoms with Gasteiger partial charge >= 0.3 is 0 Å². The summed E-state index contributed by atoms with van der Waals surface area (Å²) in [6.45, 7) is 0. The van der Waals surface area contributed by atoms with E-state index in [4.69, 9.17) is 5.73 Å². The van der Waals surface area contributed by atoms with Crippen LogP contribution in [0.15, 0.2) is 60.8 Å². The fourth-order valence-corrected chi connectivity index (χ4v) is 2.02. The highest BCUT2D eigenvalue weighted by molar-refractivity contribution is 5.81. The van der Waals surface area contributed by atoms with Crippen molar-refractivity contribution in [2.45, 2.75) is 0 Å². The van der Waals surface area contributed by atoms with Crippen LogP contribution in [-0.4, -0.2) is 15.2 Å². The smallest absolute Gasteiger partial charge is 0.240 e. The van der Waals surface area contributed by atoms with Crippen LogP contribution in [0.4, 0.5) is 5.95 Å². The van der Waals surface area contributed by atoms with Gasteiger partial charge in [-0.15, -0.1) is 5.10 Å². The molecule has 3 aromatic rings. The van der Waals surface area contributed by atoms with Crippen molar-refractivity contribution in [1.29, 1.82) is 0 Å². The second-order valence-electron chi connectivity index (χ2n) is 4.11. The lowest BCUT2D eigenvalue weighted by Crippen LogP contribution is -1.98. The van der Waals surface area contributed by atoms with E-state index in [-0.39, 0.29) is 5.95 Å². The van der Waals surface area contributed by atoms with Crippen molar-refractivity contribution >= 4 is 5.95 Å². The molecule has 4 nitrogen and oxygen atoms in total. The molecule has 0 amide bonds. The third-order valence-corrected chi connectivity index (χ3v) is 2.86. The van der Waals surface area contributed by atoms with Crippen molar-refractivity contribution in [3.63, 3.8) is 0 Å². The van der Waals surface area contributed by atoms with Gasteiger partial charge in [0.15, 0.2) is 0 Å². The highest BCUT2D eigenvalue weighted by Gasteiger charge is 2.08. The van der Waals surface area contributed by atoms with Crippen molar-refractivity contribution in [1.82, 2.24) is 15.2 Å². The first-order valence-electron chi connectivity index (χ1n) is 5.94. The van der Waals surface area contributed by atoms with Crippen molar-refractivity contribution < 1.29 is 0 Å². The SMILES string of the molecule is Nc1nncc(-c2ccccc2-c2ccccc2)n1. The van der Waals surface area contributed by atoms with Crippen LogP contribution in [0, 0.1) is 0 Å². The van der Waals surface area contributed by atoms with Gasteiger partial charge in [-0.05, 0) is 11.1 Å². The molecule has 1 aromatic heterocycles. The molecule has 0 fully saturated rings. The molecule has 0 bridgehead atoms. The molecule has 92 valence electrons. The normalized spacial score (nSPS) is 10.3. The van der Waals surface area contributed by atoms with Crippen molar-refractivity contribution in [2.24, 2.45) is 0 Å². The Labute approximate surface area is 111 Å². The van der Waals surface area contributed by atoms with E-state index in [0.29, 0.717) is 0 Å². The van der Waals surface area contributed by atoms with Gasteiger partial charge in [0.05, 0.1) is 11.9 Å². The molecule has 0 saturated carbocycles. The molecule has 0 aliphatic rings. The second-order valence-corrected chi connectivity index (χ2v) is 4.11. The molecule has 19 heavy (non-hydrogen) atoms. The molecular weight excluding hydrogens is 236 g/mol. The molecule has 0 saturated heterocycles. The maximum Gasteiger partial charge on any atom is 0.240 e. The fraction of sp³-hybridized carbons (Fsp3) is 0. The lowest BCUT2D eigenvalue weighted by atomic mass is 9.98. The highest BCUT2D eigenvalue weighted by Crippen LogP contribution is 2.30. The quantitative estimate of drug-likeness (QED) is 0.757. The zero-order valence-corrected chi connectivity index (χ0v) is 10.2. The number of hydrogen-bond acceptors (Lipinski definition) is 4. The number of hydrogen-bond donors (Lipinski definition) is 1. The summed E-state index contributed by atoms with van der Waals surface area (Å²) in [7, 11) is 0. The first-order chi connectivity index (χ1) is 9.34. The Hall–Kier alpha value is -2.75. The zero-order chi connectivity index (χ0) is 13.1. The average molecular weight is 248 g/mol. The fourth-order valence-electron chi connectivity index (χ4n) is 2.02. The van der Waals surface area contributed by atoms with Gasteiger partial charge in [-0.3, -0.25) is 0 Å². The van der Waals surface area contributed by atoms with Gasteiger partial charge in [-0.1, -0.05) is 54.6 Å². The number of rotatable bonds is 2. The molecule has 3 rings (SSSR count). The number of anilines is 1. The molecule has 1 heterocycles. The van der Waals surface area contributed by atoms with Crippen LogP contribution in [0.2, 0.25) is 0 Å². The molecule has 4 heteroatoms. The van der Waals surface area contributed by atoms with E-state index < -0.39 is 0 Å². The van der Waals surface area contributed by atoms with Crippen LogP contribution in [0.25, 0.3) is 22.4 Å². The van der Waals surface area contributed by atoms with Crippen molar-refractivity contribution in [3.8, 4) is 22.4 Å². The molecule has 0 spiro atoms. The van der Waals surface area contributed by atoms with Crippen LogP contribution in [-0.2, 0) is 0 Å². The average Bonchev–Trinajstić information content (AvgIpc) is 2.48. The minimum absolute atomic E-state index is 0.181. The molecule has 0 aliphatic heterocycles. The van der Waals surface area contributed by atoms with Gasteiger partial charge < -0.3 is 5.73 Å². The lowest BCUT2D eigenvalue weighted by molar-refractivity contribution is 0.990. The molecule has 2 aromatic carbocycles. The van der Waals surface area contributed by atoms with E-state index in [0.717, 1.165) is 22.4 Å². The Kier molecular flexibility index (Phi) is 2.90. The van der Waals surface area contributed by atoms with Gasteiger partial charge in [0.2, 0.25) is 5.95 Å². The molecule has 0 radical (unpaired) electrons. The first kappa shape index (κ1) is 11.3. The monoisotopic (exact) mass is 248 g/mol. The van der Waals surface area contributed by atoms with Crippen LogP contribution in [0.5, 0.6) is 0 Å². The summed E-state index contributed by atoms with van der Waals surface area (Å²) in [5.41, 5.74) is 9.56. The Bertz CT molecular complexity index is 695. The number of benzene rings is 2. The predicted octanol–water partition coefficient (Wildman–Crippen LogP) is 2.79. The van der Waals surface area contributed by atoms with Crippen molar-refractivity contribution in [3.05, 3.63) is 60.8 Å². The summed E-state index contributed by atoms with van der Waals surface area (Å²) >= 11 is 0. The Morgan fingerprint density at radius 3 is 2.21 bits per heavy atom. The number of nitrogen functional groups attached to an aromatic ring is 1. The Balaban J connectivity index is 2.18. The van der Waals surface area contributed by atoms with E-state index in [1.54, 1.807) is 6.20 Å². The molecule has 0 atom stereocenters. The van der Waals surface area contributed by atoms with E-state index in [2.05, 4.69) is 33.4 Å². The van der Waals surface area contributed by atoms with Gasteiger partial charge in [0.1, 0.15) is 0 Å². The number of nitrogens with two attached hydrogens (primary N) is 1. The summed E-state index contributed by atoms with van der Waals surface area (Å²) in [6, 6.07) is 18.2. The summed E-state index contributed by atoms with van der Waals surface area (Å²) in [6.07, 6.45) is 1.62. The number of aromatic nitrogens is 3. The minimum Gasteiger partial charge on any atom is -0.366 e. The van der Waals surface area contributed by atoms with E-state index in [1.165, 1.54) is 0 Å². The first-order valence-corrected chi connectivity index (χ1v) is 5.94. The highest BCUT2D eigenvalue weighted by atomic mass is 15.2. The largest absolute Gasteiger partial charge is 0.366 e. The minimum atomic E-state index is 0.181. The summed E-state index contributed by atoms with van der Waals surface area (Å²) in [4.78, 5) is 4.23. The van der Waals surface area contributed by atoms with E-state index in [9.17, 15) is 0 Å². The lowest BCUT2D eigenvalue weighted by Gasteiger charge is -2.08. The van der Waals surface area contributed by atoms with Crippen LogP contribution >= 0.6 is 0 Å². The van der Waals surface area contributed by atoms with E-state index >= 15 is 0 Å². The molecular formula is C15H12N4. The van der Waals surface area contributed by atoms with E-state index in [1.807, 2.05) is 36.4 Å². The third kappa shape index (κ3) is 2.28. The molecule has 2 N–H and O–H groups in total. The third-order valence-electron chi connectivity index (χ3n) is 2.86. The van der Waals surface area contributed by atoms with Crippen LogP contribution in [0.3, 0.4) is 0 Å². The molecule has 0 aliphatic carbocycles. The standard InChI is InChI=1S/C15H12N4/c16-15-18-14(10-17-19-15)13-9-5-4-8-12(13)11-6-2-1-3-7-11/h1-10H,(H2,16,18,19). The van der Waals surface area contributed by atoms with Gasteiger partial charge in [-0.2, -0.15) is 5.10 Å². The summed E-state index contributed by atoms with van der Waals surface area (Å²) in [5.74, 6) is 0.181. The molecule has 0 unspecified atom stereocenters. The van der Waals surface area contributed by atoms with Crippen LogP contribution in [0.1, 0.15) is 0 Å². The van der Waals surface area contributed by atoms with Gasteiger partial charge in [-0.25, -0.2) is 4.98 Å².